The number of hydrogen-bond acceptors (Lipinski definition) is 1. The molecule has 104 valence electrons. The van der Waals surface area contributed by atoms with Crippen molar-refractivity contribution < 1.29 is 4.74 Å². The van der Waals surface area contributed by atoms with Crippen molar-refractivity contribution in [3.63, 3.8) is 0 Å². The first kappa shape index (κ1) is 13.4. The van der Waals surface area contributed by atoms with Crippen LogP contribution < -0.4 is 0 Å². The van der Waals surface area contributed by atoms with Gasteiger partial charge in [0, 0.05) is 0 Å². The highest BCUT2D eigenvalue weighted by molar-refractivity contribution is 5.67. The van der Waals surface area contributed by atoms with E-state index in [2.05, 4.69) is 68.4 Å². The van der Waals surface area contributed by atoms with Crippen LogP contribution in [0.5, 0.6) is 0 Å². The number of ether oxygens (including phenoxy) is 1. The van der Waals surface area contributed by atoms with Crippen LogP contribution in [-0.4, -0.2) is 5.60 Å². The Morgan fingerprint density at radius 1 is 0.950 bits per heavy atom. The quantitative estimate of drug-likeness (QED) is 0.735. The third kappa shape index (κ3) is 2.94. The molecule has 0 atom stereocenters. The first-order valence-corrected chi connectivity index (χ1v) is 7.44. The van der Waals surface area contributed by atoms with Crippen molar-refractivity contribution in [3.05, 3.63) is 60.2 Å². The van der Waals surface area contributed by atoms with Crippen LogP contribution >= 0.6 is 0 Å². The van der Waals surface area contributed by atoms with Crippen LogP contribution in [0.1, 0.15) is 32.3 Å². The Labute approximate surface area is 121 Å². The molecule has 1 heteroatoms. The smallest absolute Gasteiger partial charge is 0.0730 e. The molecule has 2 aromatic rings. The minimum Gasteiger partial charge on any atom is -0.371 e. The molecular weight excluding hydrogens is 244 g/mol. The molecular formula is C19H22O. The fourth-order valence-corrected chi connectivity index (χ4v) is 2.71. The summed E-state index contributed by atoms with van der Waals surface area (Å²) < 4.78 is 6.20. The van der Waals surface area contributed by atoms with Crippen LogP contribution in [0.15, 0.2) is 54.6 Å². The highest BCUT2D eigenvalue weighted by atomic mass is 16.5. The largest absolute Gasteiger partial charge is 0.371 e. The average Bonchev–Trinajstić information content (AvgIpc) is 3.32. The summed E-state index contributed by atoms with van der Waals surface area (Å²) in [7, 11) is 0. The molecule has 0 N–H and O–H groups in total. The summed E-state index contributed by atoms with van der Waals surface area (Å²) in [6.45, 7) is 5.13. The van der Waals surface area contributed by atoms with Gasteiger partial charge >= 0.3 is 0 Å². The summed E-state index contributed by atoms with van der Waals surface area (Å²) >= 11 is 0. The van der Waals surface area contributed by atoms with E-state index in [-0.39, 0.29) is 5.60 Å². The van der Waals surface area contributed by atoms with Gasteiger partial charge < -0.3 is 4.74 Å². The second kappa shape index (κ2) is 5.41. The molecule has 1 aliphatic carbocycles. The fourth-order valence-electron chi connectivity index (χ4n) is 2.71. The van der Waals surface area contributed by atoms with E-state index in [9.17, 15) is 0 Å². The average molecular weight is 266 g/mol. The molecule has 0 spiro atoms. The molecule has 3 rings (SSSR count). The maximum atomic E-state index is 6.20. The van der Waals surface area contributed by atoms with Gasteiger partial charge in [-0.2, -0.15) is 0 Å². The highest BCUT2D eigenvalue weighted by Crippen LogP contribution is 2.42. The maximum Gasteiger partial charge on any atom is 0.0730 e. The van der Waals surface area contributed by atoms with Gasteiger partial charge in [0.15, 0.2) is 0 Å². The normalized spacial score (nSPS) is 15.3. The van der Waals surface area contributed by atoms with Crippen LogP contribution in [0.25, 0.3) is 11.1 Å². The summed E-state index contributed by atoms with van der Waals surface area (Å²) in [5.74, 6) is 0.742. The Morgan fingerprint density at radius 3 is 2.30 bits per heavy atom. The Hall–Kier alpha value is -1.60. The van der Waals surface area contributed by atoms with Crippen molar-refractivity contribution in [1.82, 2.24) is 0 Å². The third-order valence-electron chi connectivity index (χ3n) is 4.26. The zero-order valence-electron chi connectivity index (χ0n) is 12.3. The maximum absolute atomic E-state index is 6.20. The van der Waals surface area contributed by atoms with E-state index >= 15 is 0 Å². The van der Waals surface area contributed by atoms with Gasteiger partial charge in [-0.1, -0.05) is 54.6 Å². The molecule has 0 aliphatic heterocycles. The topological polar surface area (TPSA) is 9.23 Å². The van der Waals surface area contributed by atoms with Gasteiger partial charge in [0.1, 0.15) is 0 Å². The lowest BCUT2D eigenvalue weighted by Gasteiger charge is -2.26. The van der Waals surface area contributed by atoms with Gasteiger partial charge in [-0.25, -0.2) is 0 Å². The summed E-state index contributed by atoms with van der Waals surface area (Å²) in [4.78, 5) is 0. The van der Waals surface area contributed by atoms with Crippen molar-refractivity contribution in [2.75, 3.05) is 0 Å². The SMILES string of the molecule is CC(C)(OCc1ccccc1-c1ccccc1)C1CC1. The van der Waals surface area contributed by atoms with Gasteiger partial charge in [0.25, 0.3) is 0 Å². The van der Waals surface area contributed by atoms with Crippen molar-refractivity contribution in [3.8, 4) is 11.1 Å². The van der Waals surface area contributed by atoms with E-state index in [4.69, 9.17) is 4.74 Å². The predicted molar refractivity (Wildman–Crippen MR) is 83.5 cm³/mol. The standard InChI is InChI=1S/C19H22O/c1-19(2,17-12-13-17)20-14-16-10-6-7-11-18(16)15-8-4-3-5-9-15/h3-11,17H,12-14H2,1-2H3. The molecule has 0 saturated heterocycles. The fraction of sp³-hybridized carbons (Fsp3) is 0.368. The lowest BCUT2D eigenvalue weighted by molar-refractivity contribution is -0.0450. The van der Waals surface area contributed by atoms with Gasteiger partial charge in [-0.15, -0.1) is 0 Å². The van der Waals surface area contributed by atoms with Gasteiger partial charge in [-0.05, 0) is 49.3 Å². The third-order valence-corrected chi connectivity index (χ3v) is 4.26. The number of benzene rings is 2. The molecule has 1 nitrogen and oxygen atoms in total. The summed E-state index contributed by atoms with van der Waals surface area (Å²) in [6, 6.07) is 19.1. The molecule has 0 unspecified atom stereocenters. The van der Waals surface area contributed by atoms with E-state index < -0.39 is 0 Å². The van der Waals surface area contributed by atoms with Crippen molar-refractivity contribution in [2.24, 2.45) is 5.92 Å². The van der Waals surface area contributed by atoms with Crippen LogP contribution in [-0.2, 0) is 11.3 Å². The number of rotatable bonds is 5. The Kier molecular flexibility index (Phi) is 3.62. The molecule has 1 fully saturated rings. The van der Waals surface area contributed by atoms with Crippen LogP contribution in [0.2, 0.25) is 0 Å². The van der Waals surface area contributed by atoms with Crippen LogP contribution in [0.3, 0.4) is 0 Å². The Morgan fingerprint density at radius 2 is 1.60 bits per heavy atom. The van der Waals surface area contributed by atoms with E-state index in [1.54, 1.807) is 0 Å². The molecule has 20 heavy (non-hydrogen) atoms. The second-order valence-electron chi connectivity index (χ2n) is 6.19. The minimum atomic E-state index is 0.00377. The molecule has 0 amide bonds. The van der Waals surface area contributed by atoms with Gasteiger partial charge in [-0.3, -0.25) is 0 Å². The summed E-state index contributed by atoms with van der Waals surface area (Å²) in [5.41, 5.74) is 3.81. The van der Waals surface area contributed by atoms with E-state index in [1.807, 2.05) is 0 Å². The van der Waals surface area contributed by atoms with Crippen molar-refractivity contribution in [1.29, 1.82) is 0 Å². The lowest BCUT2D eigenvalue weighted by Crippen LogP contribution is -2.26. The zero-order chi connectivity index (χ0) is 14.0. The minimum absolute atomic E-state index is 0.00377. The Balaban J connectivity index is 1.80. The summed E-state index contributed by atoms with van der Waals surface area (Å²) in [6.07, 6.45) is 2.63. The molecule has 2 aromatic carbocycles. The van der Waals surface area contributed by atoms with Crippen LogP contribution in [0.4, 0.5) is 0 Å². The van der Waals surface area contributed by atoms with Crippen molar-refractivity contribution in [2.45, 2.75) is 38.9 Å². The molecule has 0 aromatic heterocycles. The van der Waals surface area contributed by atoms with Crippen molar-refractivity contribution >= 4 is 0 Å². The molecule has 0 radical (unpaired) electrons. The highest BCUT2D eigenvalue weighted by Gasteiger charge is 2.38. The van der Waals surface area contributed by atoms with Gasteiger partial charge in [0.05, 0.1) is 12.2 Å². The van der Waals surface area contributed by atoms with Crippen LogP contribution in [0, 0.1) is 5.92 Å². The van der Waals surface area contributed by atoms with E-state index in [0.717, 1.165) is 5.92 Å². The predicted octanol–water partition coefficient (Wildman–Crippen LogP) is 5.06. The monoisotopic (exact) mass is 266 g/mol. The molecule has 0 bridgehead atoms. The Bertz CT molecular complexity index is 567. The first-order chi connectivity index (χ1) is 9.67. The zero-order valence-corrected chi connectivity index (χ0v) is 12.3. The van der Waals surface area contributed by atoms with Gasteiger partial charge in [0.2, 0.25) is 0 Å². The molecule has 1 saturated carbocycles. The first-order valence-electron chi connectivity index (χ1n) is 7.44. The summed E-state index contributed by atoms with van der Waals surface area (Å²) in [5, 5.41) is 0. The number of hydrogen-bond donors (Lipinski definition) is 0. The molecule has 0 heterocycles. The second-order valence-corrected chi connectivity index (χ2v) is 6.19. The van der Waals surface area contributed by atoms with E-state index in [0.29, 0.717) is 6.61 Å². The van der Waals surface area contributed by atoms with E-state index in [1.165, 1.54) is 29.5 Å². The molecule has 1 aliphatic rings. The lowest BCUT2D eigenvalue weighted by atomic mass is 9.99.